The van der Waals surface area contributed by atoms with Crippen LogP contribution in [-0.4, -0.2) is 84.0 Å². The van der Waals surface area contributed by atoms with Gasteiger partial charge in [-0.25, -0.2) is 0 Å². The zero-order valence-electron chi connectivity index (χ0n) is 25.6. The minimum absolute atomic E-state index is 0.0962. The van der Waals surface area contributed by atoms with Crippen molar-refractivity contribution in [1.29, 1.82) is 0 Å². The van der Waals surface area contributed by atoms with Gasteiger partial charge in [-0.15, -0.1) is 0 Å². The summed E-state index contributed by atoms with van der Waals surface area (Å²) in [5.41, 5.74) is 0.115. The van der Waals surface area contributed by atoms with Gasteiger partial charge in [0.1, 0.15) is 5.60 Å². The molecule has 1 aromatic carbocycles. The van der Waals surface area contributed by atoms with Crippen molar-refractivity contribution in [3.05, 3.63) is 53.4 Å². The van der Waals surface area contributed by atoms with Crippen molar-refractivity contribution >= 4 is 23.4 Å². The smallest absolute Gasteiger partial charge is 0.274 e. The van der Waals surface area contributed by atoms with Gasteiger partial charge in [0.25, 0.3) is 5.91 Å². The molecule has 0 unspecified atom stereocenters. The van der Waals surface area contributed by atoms with Gasteiger partial charge in [-0.3, -0.25) is 24.1 Å². The fourth-order valence-electron chi connectivity index (χ4n) is 5.27. The monoisotopic (exact) mass is 596 g/mol. The van der Waals surface area contributed by atoms with Crippen LogP contribution in [0.5, 0.6) is 0 Å². The maximum absolute atomic E-state index is 13.7. The number of rotatable bonds is 16. The molecule has 2 N–H and O–H groups in total. The molecule has 11 heteroatoms. The van der Waals surface area contributed by atoms with E-state index in [1.54, 1.807) is 19.9 Å². The molecule has 0 spiro atoms. The summed E-state index contributed by atoms with van der Waals surface area (Å²) in [5.74, 6) is -1.32. The van der Waals surface area contributed by atoms with Crippen LogP contribution >= 0.6 is 0 Å². The highest BCUT2D eigenvalue weighted by Gasteiger charge is 2.50. The van der Waals surface area contributed by atoms with Crippen molar-refractivity contribution < 1.29 is 33.2 Å². The summed E-state index contributed by atoms with van der Waals surface area (Å²) in [5, 5.41) is 9.62. The third-order valence-corrected chi connectivity index (χ3v) is 7.96. The van der Waals surface area contributed by atoms with Crippen LogP contribution < -0.4 is 10.6 Å². The number of amides is 2. The van der Waals surface area contributed by atoms with E-state index in [1.807, 2.05) is 44.2 Å². The van der Waals surface area contributed by atoms with Crippen molar-refractivity contribution in [2.24, 2.45) is 11.8 Å². The molecule has 2 fully saturated rings. The predicted octanol–water partition coefficient (Wildman–Crippen LogP) is 2.72. The molecule has 0 radical (unpaired) electrons. The Morgan fingerprint density at radius 2 is 1.74 bits per heavy atom. The van der Waals surface area contributed by atoms with Crippen LogP contribution in [0.25, 0.3) is 0 Å². The van der Waals surface area contributed by atoms with E-state index in [1.165, 1.54) is 0 Å². The normalized spacial score (nSPS) is 20.7. The standard InChI is InChI=1S/C32H44N4O7/c1-5-25(33-31(40)27-18-24(43-35-27)19-36-11-13-41-14-12-36)28(37)17-23(16-22-9-7-6-8-10-22)30(39)34-26(15-21(2)3)29(38)32(4)20-42-32/h6-10,18,21,23,25-26H,5,11-17,19-20H2,1-4H3,(H,33,40)(H,34,39)/t23-,25+,26+,32-/m1/s1. The molecule has 4 rings (SSSR count). The number of hydrogen-bond acceptors (Lipinski definition) is 9. The molecule has 2 saturated heterocycles. The van der Waals surface area contributed by atoms with Crippen LogP contribution in [0.2, 0.25) is 0 Å². The zero-order valence-corrected chi connectivity index (χ0v) is 25.6. The van der Waals surface area contributed by atoms with Crippen LogP contribution in [0.15, 0.2) is 40.9 Å². The van der Waals surface area contributed by atoms with Crippen LogP contribution in [-0.2, 0) is 36.8 Å². The Kier molecular flexibility index (Phi) is 11.2. The van der Waals surface area contributed by atoms with Gasteiger partial charge in [-0.2, -0.15) is 0 Å². The molecule has 11 nitrogen and oxygen atoms in total. The fraction of sp³-hybridized carbons (Fsp3) is 0.594. The van der Waals surface area contributed by atoms with E-state index < -0.39 is 29.5 Å². The fourth-order valence-corrected chi connectivity index (χ4v) is 5.27. The lowest BCUT2D eigenvalue weighted by Gasteiger charge is -2.25. The number of morpholine rings is 1. The van der Waals surface area contributed by atoms with E-state index in [2.05, 4.69) is 20.7 Å². The van der Waals surface area contributed by atoms with Crippen LogP contribution in [0, 0.1) is 11.8 Å². The molecule has 2 aliphatic heterocycles. The Morgan fingerprint density at radius 3 is 2.37 bits per heavy atom. The summed E-state index contributed by atoms with van der Waals surface area (Å²) in [6.45, 7) is 11.2. The van der Waals surface area contributed by atoms with E-state index in [9.17, 15) is 19.2 Å². The molecule has 0 aliphatic carbocycles. The molecule has 0 saturated carbocycles. The summed E-state index contributed by atoms with van der Waals surface area (Å²) in [7, 11) is 0. The number of benzene rings is 1. The number of aromatic nitrogens is 1. The van der Waals surface area contributed by atoms with Crippen molar-refractivity contribution in [1.82, 2.24) is 20.7 Å². The number of carbonyl (C=O) groups is 4. The quantitative estimate of drug-likeness (QED) is 0.280. The van der Waals surface area contributed by atoms with Gasteiger partial charge in [0.2, 0.25) is 5.91 Å². The van der Waals surface area contributed by atoms with E-state index in [0.29, 0.717) is 51.4 Å². The van der Waals surface area contributed by atoms with Crippen LogP contribution in [0.3, 0.4) is 0 Å². The number of epoxide rings is 1. The Hall–Kier alpha value is -3.41. The van der Waals surface area contributed by atoms with Crippen molar-refractivity contribution in [3.63, 3.8) is 0 Å². The summed E-state index contributed by atoms with van der Waals surface area (Å²) >= 11 is 0. The molecular formula is C32H44N4O7. The highest BCUT2D eigenvalue weighted by molar-refractivity contribution is 5.99. The summed E-state index contributed by atoms with van der Waals surface area (Å²) in [4.78, 5) is 55.5. The first-order chi connectivity index (χ1) is 20.6. The highest BCUT2D eigenvalue weighted by atomic mass is 16.6. The van der Waals surface area contributed by atoms with Crippen molar-refractivity contribution in [2.75, 3.05) is 32.9 Å². The van der Waals surface area contributed by atoms with Crippen molar-refractivity contribution in [2.45, 2.75) is 77.6 Å². The average molecular weight is 597 g/mol. The molecular weight excluding hydrogens is 552 g/mol. The molecule has 3 heterocycles. The lowest BCUT2D eigenvalue weighted by atomic mass is 9.89. The van der Waals surface area contributed by atoms with Gasteiger partial charge in [0, 0.05) is 31.5 Å². The SMILES string of the molecule is CC[C@H](NC(=O)c1cc(CN2CCOCC2)on1)C(=O)C[C@@H](Cc1ccccc1)C(=O)N[C@@H](CC(C)C)C(=O)[C@@]1(C)CO1. The lowest BCUT2D eigenvalue weighted by Crippen LogP contribution is -2.49. The molecule has 234 valence electrons. The van der Waals surface area contributed by atoms with Crippen LogP contribution in [0.4, 0.5) is 0 Å². The second kappa shape index (κ2) is 14.9. The molecule has 4 atom stereocenters. The van der Waals surface area contributed by atoms with Gasteiger partial charge >= 0.3 is 0 Å². The zero-order chi connectivity index (χ0) is 31.0. The third-order valence-electron chi connectivity index (χ3n) is 7.96. The van der Waals surface area contributed by atoms with Gasteiger partial charge in [0.15, 0.2) is 23.0 Å². The largest absolute Gasteiger partial charge is 0.379 e. The summed E-state index contributed by atoms with van der Waals surface area (Å²) < 4.78 is 16.1. The number of nitrogens with one attached hydrogen (secondary N) is 2. The predicted molar refractivity (Wildman–Crippen MR) is 158 cm³/mol. The minimum atomic E-state index is -0.877. The number of ketones is 2. The van der Waals surface area contributed by atoms with E-state index in [0.717, 1.165) is 18.7 Å². The van der Waals surface area contributed by atoms with Gasteiger partial charge in [0.05, 0.1) is 38.4 Å². The van der Waals surface area contributed by atoms with E-state index in [4.69, 9.17) is 14.0 Å². The van der Waals surface area contributed by atoms with Gasteiger partial charge < -0.3 is 24.6 Å². The second-order valence-electron chi connectivity index (χ2n) is 12.1. The molecule has 0 bridgehead atoms. The Bertz CT molecular complexity index is 1250. The van der Waals surface area contributed by atoms with E-state index >= 15 is 0 Å². The first kappa shape index (κ1) is 32.5. The lowest BCUT2D eigenvalue weighted by molar-refractivity contribution is -0.134. The average Bonchev–Trinajstić information content (AvgIpc) is 3.57. The molecule has 2 aromatic rings. The summed E-state index contributed by atoms with van der Waals surface area (Å²) in [6.07, 6.45) is 1.02. The minimum Gasteiger partial charge on any atom is -0.379 e. The molecule has 2 amide bonds. The maximum atomic E-state index is 13.7. The first-order valence-corrected chi connectivity index (χ1v) is 15.2. The highest BCUT2D eigenvalue weighted by Crippen LogP contribution is 2.30. The topological polar surface area (TPSA) is 143 Å². The van der Waals surface area contributed by atoms with E-state index in [-0.39, 0.29) is 35.5 Å². The molecule has 2 aliphatic rings. The number of hydrogen-bond donors (Lipinski definition) is 2. The Balaban J connectivity index is 1.42. The molecule has 43 heavy (non-hydrogen) atoms. The maximum Gasteiger partial charge on any atom is 0.274 e. The number of carbonyl (C=O) groups excluding carboxylic acids is 4. The Morgan fingerprint density at radius 1 is 1.05 bits per heavy atom. The number of Topliss-reactive ketones (excluding diaryl/α,β-unsaturated/α-hetero) is 2. The van der Waals surface area contributed by atoms with Crippen molar-refractivity contribution in [3.8, 4) is 0 Å². The second-order valence-corrected chi connectivity index (χ2v) is 12.1. The summed E-state index contributed by atoms with van der Waals surface area (Å²) in [6, 6.07) is 9.50. The third kappa shape index (κ3) is 9.29. The Labute approximate surface area is 253 Å². The van der Waals surface area contributed by atoms with Gasteiger partial charge in [-0.1, -0.05) is 56.3 Å². The molecule has 1 aromatic heterocycles. The number of nitrogens with zero attached hydrogens (tertiary/aromatic N) is 2. The number of ether oxygens (including phenoxy) is 2. The first-order valence-electron chi connectivity index (χ1n) is 15.2. The van der Waals surface area contributed by atoms with Crippen LogP contribution in [0.1, 0.15) is 68.8 Å². The van der Waals surface area contributed by atoms with Gasteiger partial charge in [-0.05, 0) is 37.7 Å².